The molecule has 0 bridgehead atoms. The molecule has 0 N–H and O–H groups in total. The highest BCUT2D eigenvalue weighted by Crippen LogP contribution is 2.20. The fourth-order valence-corrected chi connectivity index (χ4v) is 3.96. The number of rotatable bonds is 3. The first-order valence-corrected chi connectivity index (χ1v) is 10.3. The van der Waals surface area contributed by atoms with Crippen molar-refractivity contribution >= 4 is 17.5 Å². The summed E-state index contributed by atoms with van der Waals surface area (Å²) >= 11 is 0. The van der Waals surface area contributed by atoms with Crippen LogP contribution >= 0.6 is 0 Å². The van der Waals surface area contributed by atoms with E-state index in [1.165, 1.54) is 25.7 Å². The van der Waals surface area contributed by atoms with Gasteiger partial charge in [-0.05, 0) is 31.9 Å². The molecule has 0 aromatic carbocycles. The molecule has 2 saturated heterocycles. The third kappa shape index (κ3) is 4.24. The monoisotopic (exact) mass is 380 g/mol. The maximum absolute atomic E-state index is 13.1. The quantitative estimate of drug-likeness (QED) is 0.815. The first-order valence-electron chi connectivity index (χ1n) is 10.3. The predicted molar refractivity (Wildman–Crippen MR) is 110 cm³/mol. The molecule has 4 rings (SSSR count). The molecule has 28 heavy (non-hydrogen) atoms. The Bertz CT molecular complexity index is 796. The molecule has 2 fully saturated rings. The molecule has 7 heteroatoms. The highest BCUT2D eigenvalue weighted by Gasteiger charge is 2.25. The summed E-state index contributed by atoms with van der Waals surface area (Å²) in [6, 6.07) is 7.81. The third-order valence-corrected chi connectivity index (χ3v) is 5.51. The average Bonchev–Trinajstić information content (AvgIpc) is 3.03. The molecular formula is C21H28N6O. The molecule has 2 aromatic rings. The number of hydrogen-bond donors (Lipinski definition) is 0. The second-order valence-electron chi connectivity index (χ2n) is 7.53. The van der Waals surface area contributed by atoms with E-state index in [-0.39, 0.29) is 5.91 Å². The normalized spacial score (nSPS) is 18.1. The number of carbonyl (C=O) groups is 1. The number of nitrogens with zero attached hydrogens (tertiary/aromatic N) is 6. The average molecular weight is 380 g/mol. The summed E-state index contributed by atoms with van der Waals surface area (Å²) in [4.78, 5) is 33.0. The topological polar surface area (TPSA) is 65.5 Å². The number of pyridine rings is 1. The van der Waals surface area contributed by atoms with Gasteiger partial charge in [0.2, 0.25) is 0 Å². The van der Waals surface area contributed by atoms with Gasteiger partial charge >= 0.3 is 0 Å². The molecule has 0 unspecified atom stereocenters. The maximum Gasteiger partial charge on any atom is 0.272 e. The minimum absolute atomic E-state index is 0.00208. The first kappa shape index (κ1) is 18.7. The van der Waals surface area contributed by atoms with E-state index in [0.29, 0.717) is 24.6 Å². The van der Waals surface area contributed by atoms with E-state index in [4.69, 9.17) is 0 Å². The predicted octanol–water partition coefficient (Wildman–Crippen LogP) is 2.52. The van der Waals surface area contributed by atoms with Crippen molar-refractivity contribution in [3.8, 4) is 0 Å². The molecule has 0 atom stereocenters. The summed E-state index contributed by atoms with van der Waals surface area (Å²) in [5.41, 5.74) is 0.512. The van der Waals surface area contributed by atoms with Gasteiger partial charge in [-0.1, -0.05) is 18.9 Å². The summed E-state index contributed by atoms with van der Waals surface area (Å²) in [5, 5.41) is 0. The van der Waals surface area contributed by atoms with Crippen LogP contribution in [0, 0.1) is 6.92 Å². The van der Waals surface area contributed by atoms with Crippen LogP contribution in [-0.2, 0) is 0 Å². The van der Waals surface area contributed by atoms with Crippen molar-refractivity contribution in [2.45, 2.75) is 32.6 Å². The van der Waals surface area contributed by atoms with E-state index in [2.05, 4.69) is 24.8 Å². The van der Waals surface area contributed by atoms with Crippen molar-refractivity contribution in [2.75, 3.05) is 49.1 Å². The van der Waals surface area contributed by atoms with Crippen LogP contribution in [0.5, 0.6) is 0 Å². The Labute approximate surface area is 166 Å². The third-order valence-electron chi connectivity index (χ3n) is 5.51. The standard InChI is InChI=1S/C21H28N6O/c1-17-23-18(16-20(24-17)25-10-6-2-3-7-11-25)21(28)27-14-12-26(13-15-27)19-8-4-5-9-22-19/h4-5,8-9,16H,2-3,6-7,10-15H2,1H3. The summed E-state index contributed by atoms with van der Waals surface area (Å²) in [5.74, 6) is 2.53. The van der Waals surface area contributed by atoms with E-state index in [0.717, 1.165) is 37.8 Å². The first-order chi connectivity index (χ1) is 13.7. The van der Waals surface area contributed by atoms with Crippen molar-refractivity contribution in [1.82, 2.24) is 19.9 Å². The summed E-state index contributed by atoms with van der Waals surface area (Å²) in [6.45, 7) is 6.81. The lowest BCUT2D eigenvalue weighted by atomic mass is 10.2. The van der Waals surface area contributed by atoms with Crippen LogP contribution in [0.15, 0.2) is 30.5 Å². The second-order valence-corrected chi connectivity index (χ2v) is 7.53. The van der Waals surface area contributed by atoms with Gasteiger partial charge in [0.15, 0.2) is 0 Å². The lowest BCUT2D eigenvalue weighted by Crippen LogP contribution is -2.49. The molecule has 0 radical (unpaired) electrons. The minimum Gasteiger partial charge on any atom is -0.356 e. The van der Waals surface area contributed by atoms with Crippen molar-refractivity contribution in [3.05, 3.63) is 42.0 Å². The number of hydrogen-bond acceptors (Lipinski definition) is 6. The Morgan fingerprint density at radius 3 is 2.25 bits per heavy atom. The van der Waals surface area contributed by atoms with Crippen LogP contribution < -0.4 is 9.80 Å². The van der Waals surface area contributed by atoms with Crippen LogP contribution in [0.4, 0.5) is 11.6 Å². The Balaban J connectivity index is 1.45. The number of amides is 1. The van der Waals surface area contributed by atoms with E-state index < -0.39 is 0 Å². The summed E-state index contributed by atoms with van der Waals surface area (Å²) in [6.07, 6.45) is 6.71. The van der Waals surface area contributed by atoms with Gasteiger partial charge in [-0.3, -0.25) is 4.79 Å². The summed E-state index contributed by atoms with van der Waals surface area (Å²) in [7, 11) is 0. The second kappa shape index (κ2) is 8.54. The van der Waals surface area contributed by atoms with Crippen LogP contribution in [0.25, 0.3) is 0 Å². The number of anilines is 2. The number of carbonyl (C=O) groups excluding carboxylic acids is 1. The Morgan fingerprint density at radius 1 is 0.857 bits per heavy atom. The fourth-order valence-electron chi connectivity index (χ4n) is 3.96. The zero-order valence-corrected chi connectivity index (χ0v) is 16.5. The molecule has 4 heterocycles. The van der Waals surface area contributed by atoms with E-state index >= 15 is 0 Å². The van der Waals surface area contributed by atoms with Gasteiger partial charge in [0, 0.05) is 51.5 Å². The van der Waals surface area contributed by atoms with Crippen molar-refractivity contribution in [3.63, 3.8) is 0 Å². The van der Waals surface area contributed by atoms with Gasteiger partial charge in [-0.15, -0.1) is 0 Å². The lowest BCUT2D eigenvalue weighted by Gasteiger charge is -2.35. The van der Waals surface area contributed by atoms with Gasteiger partial charge in [-0.25, -0.2) is 15.0 Å². The van der Waals surface area contributed by atoms with E-state index in [1.807, 2.05) is 36.1 Å². The fraction of sp³-hybridized carbons (Fsp3) is 0.524. The van der Waals surface area contributed by atoms with Crippen molar-refractivity contribution < 1.29 is 4.79 Å². The summed E-state index contributed by atoms with van der Waals surface area (Å²) < 4.78 is 0. The van der Waals surface area contributed by atoms with E-state index in [9.17, 15) is 4.79 Å². The smallest absolute Gasteiger partial charge is 0.272 e. The van der Waals surface area contributed by atoms with Crippen LogP contribution in [0.1, 0.15) is 42.0 Å². The van der Waals surface area contributed by atoms with Gasteiger partial charge in [-0.2, -0.15) is 0 Å². The zero-order chi connectivity index (χ0) is 19.3. The highest BCUT2D eigenvalue weighted by atomic mass is 16.2. The maximum atomic E-state index is 13.1. The molecule has 0 saturated carbocycles. The zero-order valence-electron chi connectivity index (χ0n) is 16.5. The molecular weight excluding hydrogens is 352 g/mol. The molecule has 0 spiro atoms. The molecule has 2 aromatic heterocycles. The Morgan fingerprint density at radius 2 is 1.57 bits per heavy atom. The molecule has 7 nitrogen and oxygen atoms in total. The number of aryl methyl sites for hydroxylation is 1. The van der Waals surface area contributed by atoms with Crippen molar-refractivity contribution in [1.29, 1.82) is 0 Å². The molecule has 148 valence electrons. The number of piperazine rings is 1. The van der Waals surface area contributed by atoms with Gasteiger partial charge < -0.3 is 14.7 Å². The molecule has 2 aliphatic rings. The van der Waals surface area contributed by atoms with Gasteiger partial charge in [0.25, 0.3) is 5.91 Å². The lowest BCUT2D eigenvalue weighted by molar-refractivity contribution is 0.0740. The SMILES string of the molecule is Cc1nc(C(=O)N2CCN(c3ccccn3)CC2)cc(N2CCCCCC2)n1. The van der Waals surface area contributed by atoms with Crippen LogP contribution in [0.2, 0.25) is 0 Å². The Kier molecular flexibility index (Phi) is 5.69. The minimum atomic E-state index is 0.00208. The van der Waals surface area contributed by atoms with Crippen LogP contribution in [-0.4, -0.2) is 65.0 Å². The largest absolute Gasteiger partial charge is 0.356 e. The highest BCUT2D eigenvalue weighted by molar-refractivity contribution is 5.93. The molecule has 0 aliphatic carbocycles. The number of aromatic nitrogens is 3. The Hall–Kier alpha value is -2.70. The van der Waals surface area contributed by atoms with Gasteiger partial charge in [0.1, 0.15) is 23.2 Å². The van der Waals surface area contributed by atoms with Gasteiger partial charge in [0.05, 0.1) is 0 Å². The molecule has 1 amide bonds. The van der Waals surface area contributed by atoms with Crippen LogP contribution in [0.3, 0.4) is 0 Å². The van der Waals surface area contributed by atoms with Crippen molar-refractivity contribution in [2.24, 2.45) is 0 Å². The molecule has 2 aliphatic heterocycles. The van der Waals surface area contributed by atoms with E-state index in [1.54, 1.807) is 6.20 Å².